The van der Waals surface area contributed by atoms with E-state index in [1.807, 2.05) is 35.9 Å². The number of nitrogens with zero attached hydrogens (tertiary/aromatic N) is 3. The summed E-state index contributed by atoms with van der Waals surface area (Å²) in [5.74, 6) is 7.51. The Kier molecular flexibility index (Phi) is 5.89. The largest absolute Gasteiger partial charge is 0.493 e. The van der Waals surface area contributed by atoms with E-state index in [0.29, 0.717) is 17.4 Å². The molecule has 0 atom stereocenters. The highest BCUT2D eigenvalue weighted by Gasteiger charge is 2.11. The van der Waals surface area contributed by atoms with Crippen LogP contribution >= 0.6 is 0 Å². The maximum absolute atomic E-state index is 5.72. The number of nitrogens with two attached hydrogens (primary N) is 1. The average molecular weight is 393 g/mol. The van der Waals surface area contributed by atoms with Gasteiger partial charge in [0.1, 0.15) is 5.49 Å². The minimum absolute atomic E-state index is 0.499. The number of nitrogens with one attached hydrogen (secondary N) is 1. The van der Waals surface area contributed by atoms with Crippen LogP contribution in [0.25, 0.3) is 11.3 Å². The van der Waals surface area contributed by atoms with Gasteiger partial charge in [0.2, 0.25) is 5.95 Å². The van der Waals surface area contributed by atoms with Gasteiger partial charge in [-0.15, -0.1) is 0 Å². The molecule has 0 saturated carbocycles. The van der Waals surface area contributed by atoms with Crippen molar-refractivity contribution in [3.63, 3.8) is 0 Å². The lowest BCUT2D eigenvalue weighted by Crippen LogP contribution is -2.25. The van der Waals surface area contributed by atoms with E-state index in [1.165, 1.54) is 5.56 Å². The van der Waals surface area contributed by atoms with Crippen molar-refractivity contribution < 1.29 is 9.47 Å². The standard InChI is InChI=1S/C22H27N5O2/c1-13-9-14(2)21(15(3)10-13)25-20-12-17(24-22(26-23)27(20)4)16-7-8-18(28-5)19(11-16)29-6/h7-12H,23H2,1-6H3,(H,24,26). The number of aromatic nitrogens is 2. The average Bonchev–Trinajstić information content (AvgIpc) is 2.71. The fourth-order valence-corrected chi connectivity index (χ4v) is 3.39. The number of nitrogen functional groups attached to an aromatic ring is 1. The SMILES string of the molecule is COc1ccc(-c2cc(=Nc3c(C)cc(C)cc3C)n(C)c(NN)n2)cc1OC. The van der Waals surface area contributed by atoms with Gasteiger partial charge in [-0.05, 0) is 50.1 Å². The van der Waals surface area contributed by atoms with E-state index in [4.69, 9.17) is 20.3 Å². The number of anilines is 1. The molecule has 0 aliphatic heterocycles. The highest BCUT2D eigenvalue weighted by molar-refractivity contribution is 5.65. The normalized spacial score (nSPS) is 11.5. The highest BCUT2D eigenvalue weighted by atomic mass is 16.5. The summed E-state index contributed by atoms with van der Waals surface area (Å²) in [6, 6.07) is 11.8. The molecule has 152 valence electrons. The second-order valence-corrected chi connectivity index (χ2v) is 6.96. The van der Waals surface area contributed by atoms with Crippen molar-refractivity contribution in [2.45, 2.75) is 20.8 Å². The van der Waals surface area contributed by atoms with Crippen LogP contribution in [0, 0.1) is 20.8 Å². The Morgan fingerprint density at radius 2 is 1.62 bits per heavy atom. The monoisotopic (exact) mass is 393 g/mol. The third kappa shape index (κ3) is 4.09. The van der Waals surface area contributed by atoms with Crippen LogP contribution in [0.4, 0.5) is 11.6 Å². The van der Waals surface area contributed by atoms with Gasteiger partial charge in [-0.1, -0.05) is 17.7 Å². The third-order valence-electron chi connectivity index (χ3n) is 4.82. The Morgan fingerprint density at radius 1 is 0.966 bits per heavy atom. The first-order valence-corrected chi connectivity index (χ1v) is 9.27. The summed E-state index contributed by atoms with van der Waals surface area (Å²) in [4.78, 5) is 9.55. The van der Waals surface area contributed by atoms with Gasteiger partial charge in [0.25, 0.3) is 0 Å². The van der Waals surface area contributed by atoms with Crippen molar-refractivity contribution in [3.05, 3.63) is 58.6 Å². The van der Waals surface area contributed by atoms with Gasteiger partial charge in [0, 0.05) is 18.7 Å². The van der Waals surface area contributed by atoms with Crippen LogP contribution in [0.5, 0.6) is 11.5 Å². The second-order valence-electron chi connectivity index (χ2n) is 6.96. The van der Waals surface area contributed by atoms with Crippen molar-refractivity contribution in [2.24, 2.45) is 17.9 Å². The van der Waals surface area contributed by atoms with Gasteiger partial charge >= 0.3 is 0 Å². The van der Waals surface area contributed by atoms with Gasteiger partial charge in [-0.25, -0.2) is 15.8 Å². The van der Waals surface area contributed by atoms with Crippen LogP contribution in [0.2, 0.25) is 0 Å². The van der Waals surface area contributed by atoms with Crippen molar-refractivity contribution >= 4 is 11.6 Å². The zero-order chi connectivity index (χ0) is 21.1. The summed E-state index contributed by atoms with van der Waals surface area (Å²) >= 11 is 0. The van der Waals surface area contributed by atoms with Crippen molar-refractivity contribution in [1.29, 1.82) is 0 Å². The molecule has 1 heterocycles. The maximum Gasteiger partial charge on any atom is 0.219 e. The molecule has 0 amide bonds. The molecule has 0 saturated heterocycles. The van der Waals surface area contributed by atoms with E-state index in [9.17, 15) is 0 Å². The second kappa shape index (κ2) is 8.36. The van der Waals surface area contributed by atoms with Gasteiger partial charge in [0.15, 0.2) is 11.5 Å². The lowest BCUT2D eigenvalue weighted by atomic mass is 10.1. The summed E-state index contributed by atoms with van der Waals surface area (Å²) < 4.78 is 12.6. The maximum atomic E-state index is 5.72. The molecule has 3 aromatic rings. The van der Waals surface area contributed by atoms with Crippen molar-refractivity contribution in [2.75, 3.05) is 19.6 Å². The predicted molar refractivity (Wildman–Crippen MR) is 115 cm³/mol. The van der Waals surface area contributed by atoms with E-state index < -0.39 is 0 Å². The smallest absolute Gasteiger partial charge is 0.219 e. The van der Waals surface area contributed by atoms with Gasteiger partial charge in [-0.3, -0.25) is 9.99 Å². The predicted octanol–water partition coefficient (Wildman–Crippen LogP) is 3.55. The fourth-order valence-electron chi connectivity index (χ4n) is 3.39. The zero-order valence-corrected chi connectivity index (χ0v) is 17.7. The lowest BCUT2D eigenvalue weighted by Gasteiger charge is -2.13. The van der Waals surface area contributed by atoms with E-state index in [1.54, 1.807) is 14.2 Å². The first-order valence-electron chi connectivity index (χ1n) is 9.27. The van der Waals surface area contributed by atoms with E-state index in [0.717, 1.165) is 33.6 Å². The molecule has 0 radical (unpaired) electrons. The molecule has 0 unspecified atom stereocenters. The Hall–Kier alpha value is -3.32. The molecule has 29 heavy (non-hydrogen) atoms. The quantitative estimate of drug-likeness (QED) is 0.511. The number of hydrogen-bond donors (Lipinski definition) is 2. The first kappa shape index (κ1) is 20.4. The first-order chi connectivity index (χ1) is 13.9. The molecule has 0 fully saturated rings. The van der Waals surface area contributed by atoms with Crippen molar-refractivity contribution in [3.8, 4) is 22.8 Å². The van der Waals surface area contributed by atoms with Gasteiger partial charge in [0.05, 0.1) is 25.6 Å². The molecule has 7 heteroatoms. The van der Waals surface area contributed by atoms with Crippen LogP contribution in [0.1, 0.15) is 16.7 Å². The summed E-state index contributed by atoms with van der Waals surface area (Å²) in [5.41, 5.74) is 9.37. The van der Waals surface area contributed by atoms with E-state index >= 15 is 0 Å². The number of hydrogen-bond acceptors (Lipinski definition) is 6. The molecular formula is C22H27N5O2. The molecule has 7 nitrogen and oxygen atoms in total. The lowest BCUT2D eigenvalue weighted by molar-refractivity contribution is 0.355. The molecule has 2 aromatic carbocycles. The number of aryl methyl sites for hydroxylation is 3. The molecule has 0 spiro atoms. The van der Waals surface area contributed by atoms with Crippen molar-refractivity contribution in [1.82, 2.24) is 9.55 Å². The summed E-state index contributed by atoms with van der Waals surface area (Å²) in [7, 11) is 5.09. The van der Waals surface area contributed by atoms with Crippen LogP contribution in [0.15, 0.2) is 41.4 Å². The Balaban J connectivity index is 2.23. The van der Waals surface area contributed by atoms with Gasteiger partial charge < -0.3 is 9.47 Å². The summed E-state index contributed by atoms with van der Waals surface area (Å²) in [6.45, 7) is 6.22. The highest BCUT2D eigenvalue weighted by Crippen LogP contribution is 2.31. The Bertz CT molecular complexity index is 1100. The molecule has 0 aliphatic rings. The minimum atomic E-state index is 0.499. The molecule has 1 aromatic heterocycles. The van der Waals surface area contributed by atoms with E-state index in [-0.39, 0.29) is 0 Å². The molecule has 3 rings (SSSR count). The number of benzene rings is 2. The Labute approximate surface area is 170 Å². The van der Waals surface area contributed by atoms with Crippen LogP contribution in [-0.4, -0.2) is 23.8 Å². The summed E-state index contributed by atoms with van der Waals surface area (Å²) in [5, 5.41) is 0. The Morgan fingerprint density at radius 3 is 2.21 bits per heavy atom. The number of rotatable bonds is 5. The van der Waals surface area contributed by atoms with Crippen LogP contribution in [-0.2, 0) is 7.05 Å². The molecular weight excluding hydrogens is 366 g/mol. The number of methoxy groups -OCH3 is 2. The number of hydrazine groups is 1. The zero-order valence-electron chi connectivity index (χ0n) is 17.7. The molecule has 0 aliphatic carbocycles. The fraction of sp³-hybridized carbons (Fsp3) is 0.273. The minimum Gasteiger partial charge on any atom is -0.493 e. The molecule has 0 bridgehead atoms. The number of ether oxygens (including phenoxy) is 2. The summed E-state index contributed by atoms with van der Waals surface area (Å²) in [6.07, 6.45) is 0. The van der Waals surface area contributed by atoms with E-state index in [2.05, 4.69) is 43.3 Å². The van der Waals surface area contributed by atoms with Crippen LogP contribution < -0.4 is 26.2 Å². The van der Waals surface area contributed by atoms with Gasteiger partial charge in [-0.2, -0.15) is 0 Å². The topological polar surface area (TPSA) is 86.7 Å². The third-order valence-corrected chi connectivity index (χ3v) is 4.82. The molecule has 3 N–H and O–H groups in total. The van der Waals surface area contributed by atoms with Crippen LogP contribution in [0.3, 0.4) is 0 Å².